The van der Waals surface area contributed by atoms with E-state index in [0.29, 0.717) is 6.42 Å². The van der Waals surface area contributed by atoms with Crippen molar-refractivity contribution in [3.63, 3.8) is 0 Å². The highest BCUT2D eigenvalue weighted by molar-refractivity contribution is 5.97. The Morgan fingerprint density at radius 1 is 1.25 bits per heavy atom. The smallest absolute Gasteiger partial charge is 0.245 e. The molecule has 0 saturated carbocycles. The van der Waals surface area contributed by atoms with Gasteiger partial charge in [-0.25, -0.2) is 0 Å². The fourth-order valence-electron chi connectivity index (χ4n) is 2.73. The van der Waals surface area contributed by atoms with Crippen molar-refractivity contribution >= 4 is 11.8 Å². The van der Waals surface area contributed by atoms with E-state index < -0.39 is 6.04 Å². The van der Waals surface area contributed by atoms with Crippen LogP contribution in [-0.2, 0) is 16.0 Å². The van der Waals surface area contributed by atoms with E-state index in [0.717, 1.165) is 12.0 Å². The zero-order valence-electron chi connectivity index (χ0n) is 12.3. The molecule has 108 valence electrons. The predicted molar refractivity (Wildman–Crippen MR) is 78.1 cm³/mol. The van der Waals surface area contributed by atoms with Gasteiger partial charge in [0.25, 0.3) is 0 Å². The molecule has 1 aliphatic rings. The summed E-state index contributed by atoms with van der Waals surface area (Å²) in [6.45, 7) is 4.04. The predicted octanol–water partition coefficient (Wildman–Crippen LogP) is 1.60. The summed E-state index contributed by atoms with van der Waals surface area (Å²) in [5.74, 6) is 0.128. The number of nitrogens with one attached hydrogen (secondary N) is 1. The normalized spacial score (nSPS) is 24.4. The summed E-state index contributed by atoms with van der Waals surface area (Å²) in [6.07, 6.45) is 1.42. The molecular weight excluding hydrogens is 252 g/mol. The second-order valence-electron chi connectivity index (χ2n) is 5.53. The number of rotatable bonds is 4. The molecule has 4 nitrogen and oxygen atoms in total. The molecule has 3 atom stereocenters. The number of hydrogen-bond donors (Lipinski definition) is 1. The van der Waals surface area contributed by atoms with Crippen molar-refractivity contribution < 1.29 is 9.59 Å². The van der Waals surface area contributed by atoms with Gasteiger partial charge < -0.3 is 10.2 Å². The molecule has 2 rings (SSSR count). The van der Waals surface area contributed by atoms with Gasteiger partial charge in [0.15, 0.2) is 0 Å². The maximum atomic E-state index is 12.4. The molecule has 1 aliphatic heterocycles. The maximum Gasteiger partial charge on any atom is 0.245 e. The molecule has 1 heterocycles. The molecule has 1 aromatic rings. The van der Waals surface area contributed by atoms with Gasteiger partial charge in [0.05, 0.1) is 0 Å². The molecule has 1 saturated heterocycles. The number of carbonyl (C=O) groups excluding carboxylic acids is 2. The molecule has 0 aromatic heterocycles. The first-order valence-electron chi connectivity index (χ1n) is 7.15. The molecule has 4 heteroatoms. The van der Waals surface area contributed by atoms with Crippen LogP contribution >= 0.6 is 0 Å². The molecule has 20 heavy (non-hydrogen) atoms. The highest BCUT2D eigenvalue weighted by atomic mass is 16.2. The van der Waals surface area contributed by atoms with Gasteiger partial charge >= 0.3 is 0 Å². The van der Waals surface area contributed by atoms with Gasteiger partial charge in [-0.3, -0.25) is 9.59 Å². The van der Waals surface area contributed by atoms with Crippen LogP contribution in [0.5, 0.6) is 0 Å². The molecular formula is C16H22N2O2. The van der Waals surface area contributed by atoms with Crippen molar-refractivity contribution in [3.8, 4) is 0 Å². The van der Waals surface area contributed by atoms with E-state index in [9.17, 15) is 9.59 Å². The molecule has 0 radical (unpaired) electrons. The van der Waals surface area contributed by atoms with Gasteiger partial charge in [-0.05, 0) is 11.5 Å². The van der Waals surface area contributed by atoms with Crippen LogP contribution in [0.4, 0.5) is 0 Å². The summed E-state index contributed by atoms with van der Waals surface area (Å²) >= 11 is 0. The van der Waals surface area contributed by atoms with Crippen LogP contribution in [0.3, 0.4) is 0 Å². The molecule has 2 amide bonds. The number of carbonyl (C=O) groups is 2. The van der Waals surface area contributed by atoms with Gasteiger partial charge in [0, 0.05) is 13.5 Å². The Bertz CT molecular complexity index is 487. The topological polar surface area (TPSA) is 49.4 Å². The monoisotopic (exact) mass is 274 g/mol. The number of nitrogens with zero attached hydrogens (tertiary/aromatic N) is 1. The van der Waals surface area contributed by atoms with E-state index in [1.165, 1.54) is 0 Å². The summed E-state index contributed by atoms with van der Waals surface area (Å²) in [5.41, 5.74) is 1.06. The zero-order chi connectivity index (χ0) is 14.7. The Kier molecular flexibility index (Phi) is 4.42. The summed E-state index contributed by atoms with van der Waals surface area (Å²) in [7, 11) is 1.73. The Hall–Kier alpha value is -1.84. The molecule has 1 N–H and O–H groups in total. The third kappa shape index (κ3) is 2.84. The standard InChI is InChI=1S/C16H22N2O2/c1-4-11(2)14-15(19)17-13(16(20)18(14)3)10-12-8-6-5-7-9-12/h5-9,11,13-14H,4,10H2,1-3H3,(H,17,19). The van der Waals surface area contributed by atoms with Crippen LogP contribution in [0, 0.1) is 5.92 Å². The van der Waals surface area contributed by atoms with Crippen LogP contribution in [0.25, 0.3) is 0 Å². The number of benzene rings is 1. The largest absolute Gasteiger partial charge is 0.342 e. The third-order valence-electron chi connectivity index (χ3n) is 4.11. The minimum absolute atomic E-state index is 0.00115. The zero-order valence-corrected chi connectivity index (χ0v) is 12.3. The highest BCUT2D eigenvalue weighted by Gasteiger charge is 2.40. The second kappa shape index (κ2) is 6.07. The first kappa shape index (κ1) is 14.6. The summed E-state index contributed by atoms with van der Waals surface area (Å²) in [4.78, 5) is 26.3. The SMILES string of the molecule is CCC(C)C1C(=O)NC(Cc2ccccc2)C(=O)N1C. The second-order valence-corrected chi connectivity index (χ2v) is 5.53. The lowest BCUT2D eigenvalue weighted by molar-refractivity contribution is -0.149. The lowest BCUT2D eigenvalue weighted by Crippen LogP contribution is -2.64. The van der Waals surface area contributed by atoms with Crippen molar-refractivity contribution in [2.75, 3.05) is 7.05 Å². The van der Waals surface area contributed by atoms with Crippen molar-refractivity contribution in [1.82, 2.24) is 10.2 Å². The van der Waals surface area contributed by atoms with Gasteiger partial charge in [-0.1, -0.05) is 50.6 Å². The molecule has 0 aliphatic carbocycles. The highest BCUT2D eigenvalue weighted by Crippen LogP contribution is 2.19. The lowest BCUT2D eigenvalue weighted by Gasteiger charge is -2.39. The Morgan fingerprint density at radius 2 is 1.90 bits per heavy atom. The first-order chi connectivity index (χ1) is 9.54. The number of likely N-dealkylation sites (N-methyl/N-ethyl adjacent to an activating group) is 1. The van der Waals surface area contributed by atoms with Gasteiger partial charge in [-0.15, -0.1) is 0 Å². The van der Waals surface area contributed by atoms with Crippen LogP contribution in [-0.4, -0.2) is 35.8 Å². The van der Waals surface area contributed by atoms with E-state index in [1.54, 1.807) is 11.9 Å². The van der Waals surface area contributed by atoms with Gasteiger partial charge in [-0.2, -0.15) is 0 Å². The van der Waals surface area contributed by atoms with E-state index in [4.69, 9.17) is 0 Å². The Labute approximate surface area is 120 Å². The number of piperazine rings is 1. The van der Waals surface area contributed by atoms with Crippen molar-refractivity contribution in [2.45, 2.75) is 38.8 Å². The number of hydrogen-bond acceptors (Lipinski definition) is 2. The molecule has 3 unspecified atom stereocenters. The fraction of sp³-hybridized carbons (Fsp3) is 0.500. The maximum absolute atomic E-state index is 12.4. The number of amides is 2. The van der Waals surface area contributed by atoms with Crippen LogP contribution in [0.15, 0.2) is 30.3 Å². The Morgan fingerprint density at radius 3 is 2.50 bits per heavy atom. The van der Waals surface area contributed by atoms with Crippen LogP contribution in [0.1, 0.15) is 25.8 Å². The van der Waals surface area contributed by atoms with Gasteiger partial charge in [0.2, 0.25) is 11.8 Å². The third-order valence-corrected chi connectivity index (χ3v) is 4.11. The lowest BCUT2D eigenvalue weighted by atomic mass is 9.92. The minimum atomic E-state index is -0.449. The minimum Gasteiger partial charge on any atom is -0.342 e. The van der Waals surface area contributed by atoms with E-state index in [-0.39, 0.29) is 23.8 Å². The van der Waals surface area contributed by atoms with Crippen molar-refractivity contribution in [1.29, 1.82) is 0 Å². The molecule has 1 fully saturated rings. The van der Waals surface area contributed by atoms with Crippen LogP contribution < -0.4 is 5.32 Å². The average molecular weight is 274 g/mol. The molecule has 0 spiro atoms. The van der Waals surface area contributed by atoms with Crippen LogP contribution in [0.2, 0.25) is 0 Å². The van der Waals surface area contributed by atoms with E-state index in [2.05, 4.69) is 5.32 Å². The average Bonchev–Trinajstić information content (AvgIpc) is 2.45. The quantitative estimate of drug-likeness (QED) is 0.906. The first-order valence-corrected chi connectivity index (χ1v) is 7.15. The van der Waals surface area contributed by atoms with Gasteiger partial charge in [0.1, 0.15) is 12.1 Å². The van der Waals surface area contributed by atoms with Crippen molar-refractivity contribution in [2.24, 2.45) is 5.92 Å². The molecule has 0 bridgehead atoms. The van der Waals surface area contributed by atoms with E-state index >= 15 is 0 Å². The molecule has 1 aromatic carbocycles. The fourth-order valence-corrected chi connectivity index (χ4v) is 2.73. The van der Waals surface area contributed by atoms with E-state index in [1.807, 2.05) is 44.2 Å². The summed E-state index contributed by atoms with van der Waals surface area (Å²) < 4.78 is 0. The summed E-state index contributed by atoms with van der Waals surface area (Å²) in [5, 5.41) is 2.88. The van der Waals surface area contributed by atoms with Crippen molar-refractivity contribution in [3.05, 3.63) is 35.9 Å². The summed E-state index contributed by atoms with van der Waals surface area (Å²) in [6, 6.07) is 8.97. The Balaban J connectivity index is 2.12.